The Hall–Kier alpha value is -3.36. The fourth-order valence-electron chi connectivity index (χ4n) is 3.58. The predicted octanol–water partition coefficient (Wildman–Crippen LogP) is 1.96. The van der Waals surface area contributed by atoms with Crippen LogP contribution in [0, 0.1) is 17.2 Å². The van der Waals surface area contributed by atoms with E-state index in [1.54, 1.807) is 36.1 Å². The van der Waals surface area contributed by atoms with Crippen molar-refractivity contribution < 1.29 is 27.9 Å². The third-order valence-corrected chi connectivity index (χ3v) is 6.80. The van der Waals surface area contributed by atoms with Crippen molar-refractivity contribution in [3.05, 3.63) is 51.5 Å². The number of amides is 1. The van der Waals surface area contributed by atoms with Crippen LogP contribution in [0.3, 0.4) is 0 Å². The SMILES string of the molecule is CCc1c(C#N)c(N2CC(C(=O)NS(=O)(=O)Cc3ccccc3Cl)C2)nc(OC)c1C(=O)O. The number of sulfonamides is 1. The van der Waals surface area contributed by atoms with Gasteiger partial charge in [-0.1, -0.05) is 36.7 Å². The van der Waals surface area contributed by atoms with Gasteiger partial charge in [0.25, 0.3) is 0 Å². The van der Waals surface area contributed by atoms with Crippen LogP contribution in [0.1, 0.15) is 34.0 Å². The molecule has 174 valence electrons. The largest absolute Gasteiger partial charge is 0.480 e. The summed E-state index contributed by atoms with van der Waals surface area (Å²) in [7, 11) is -2.69. The first-order valence-electron chi connectivity index (χ1n) is 9.88. The number of carboxylic acid groups (broad SMARTS) is 1. The number of halogens is 1. The van der Waals surface area contributed by atoms with E-state index in [4.69, 9.17) is 16.3 Å². The fraction of sp³-hybridized carbons (Fsp3) is 0.333. The lowest BCUT2D eigenvalue weighted by Gasteiger charge is -2.39. The van der Waals surface area contributed by atoms with Crippen molar-refractivity contribution in [2.45, 2.75) is 19.1 Å². The lowest BCUT2D eigenvalue weighted by atomic mass is 9.96. The topological polar surface area (TPSA) is 150 Å². The Balaban J connectivity index is 1.76. The molecule has 10 nitrogen and oxygen atoms in total. The first-order valence-corrected chi connectivity index (χ1v) is 11.9. The quantitative estimate of drug-likeness (QED) is 0.563. The number of aromatic nitrogens is 1. The number of rotatable bonds is 8. The van der Waals surface area contributed by atoms with Gasteiger partial charge in [0.15, 0.2) is 5.82 Å². The van der Waals surface area contributed by atoms with Crippen molar-refractivity contribution in [3.8, 4) is 11.9 Å². The number of carbonyl (C=O) groups excluding carboxylic acids is 1. The number of carboxylic acids is 1. The van der Waals surface area contributed by atoms with Gasteiger partial charge < -0.3 is 14.7 Å². The van der Waals surface area contributed by atoms with E-state index in [1.807, 2.05) is 6.07 Å². The van der Waals surface area contributed by atoms with E-state index < -0.39 is 33.6 Å². The maximum Gasteiger partial charge on any atom is 0.341 e. The van der Waals surface area contributed by atoms with Crippen molar-refractivity contribution in [2.75, 3.05) is 25.1 Å². The van der Waals surface area contributed by atoms with E-state index in [0.29, 0.717) is 5.56 Å². The number of hydrogen-bond donors (Lipinski definition) is 2. The van der Waals surface area contributed by atoms with Gasteiger partial charge in [-0.15, -0.1) is 0 Å². The molecule has 0 radical (unpaired) electrons. The van der Waals surface area contributed by atoms with Crippen LogP contribution in [0.4, 0.5) is 5.82 Å². The Morgan fingerprint density at radius 3 is 2.58 bits per heavy atom. The molecule has 1 aromatic carbocycles. The van der Waals surface area contributed by atoms with Gasteiger partial charge in [-0.25, -0.2) is 13.2 Å². The lowest BCUT2D eigenvalue weighted by Crippen LogP contribution is -2.55. The van der Waals surface area contributed by atoms with Crippen LogP contribution < -0.4 is 14.4 Å². The molecular formula is C21H21ClN4O6S. The van der Waals surface area contributed by atoms with Crippen molar-refractivity contribution in [2.24, 2.45) is 5.92 Å². The third kappa shape index (κ3) is 5.02. The summed E-state index contributed by atoms with van der Waals surface area (Å²) in [4.78, 5) is 29.9. The Morgan fingerprint density at radius 2 is 2.03 bits per heavy atom. The van der Waals surface area contributed by atoms with Crippen molar-refractivity contribution >= 4 is 39.3 Å². The molecular weight excluding hydrogens is 472 g/mol. The molecule has 1 saturated heterocycles. The van der Waals surface area contributed by atoms with E-state index in [0.717, 1.165) is 0 Å². The van der Waals surface area contributed by atoms with E-state index in [-0.39, 0.29) is 52.9 Å². The summed E-state index contributed by atoms with van der Waals surface area (Å²) in [6.45, 7) is 1.92. The van der Waals surface area contributed by atoms with Gasteiger partial charge in [-0.05, 0) is 23.6 Å². The van der Waals surface area contributed by atoms with Gasteiger partial charge in [0.05, 0.1) is 24.3 Å². The van der Waals surface area contributed by atoms with Gasteiger partial charge in [0, 0.05) is 18.1 Å². The summed E-state index contributed by atoms with van der Waals surface area (Å²) in [6.07, 6.45) is 0.258. The lowest BCUT2D eigenvalue weighted by molar-refractivity contribution is -0.123. The molecule has 1 amide bonds. The van der Waals surface area contributed by atoms with E-state index >= 15 is 0 Å². The Morgan fingerprint density at radius 1 is 1.36 bits per heavy atom. The van der Waals surface area contributed by atoms with Crippen molar-refractivity contribution in [3.63, 3.8) is 0 Å². The highest BCUT2D eigenvalue weighted by Crippen LogP contribution is 2.34. The summed E-state index contributed by atoms with van der Waals surface area (Å²) in [5, 5.41) is 19.4. The number of anilines is 1. The minimum Gasteiger partial charge on any atom is -0.480 e. The molecule has 2 aromatic rings. The zero-order valence-electron chi connectivity index (χ0n) is 17.8. The summed E-state index contributed by atoms with van der Waals surface area (Å²) in [5.41, 5.74) is 0.555. The number of pyridine rings is 1. The number of aromatic carboxylic acids is 1. The molecule has 3 rings (SSSR count). The highest BCUT2D eigenvalue weighted by molar-refractivity contribution is 7.89. The first-order chi connectivity index (χ1) is 15.6. The Labute approximate surface area is 195 Å². The maximum absolute atomic E-state index is 12.5. The first kappa shape index (κ1) is 24.3. The Bertz CT molecular complexity index is 1250. The minimum atomic E-state index is -3.96. The highest BCUT2D eigenvalue weighted by Gasteiger charge is 2.38. The zero-order chi connectivity index (χ0) is 24.3. The van der Waals surface area contributed by atoms with Gasteiger partial charge in [0.1, 0.15) is 11.6 Å². The number of nitrogens with one attached hydrogen (secondary N) is 1. The number of benzene rings is 1. The predicted molar refractivity (Wildman–Crippen MR) is 120 cm³/mol. The molecule has 0 saturated carbocycles. The Kier molecular flexibility index (Phi) is 7.09. The van der Waals surface area contributed by atoms with Crippen LogP contribution in [0.2, 0.25) is 5.02 Å². The van der Waals surface area contributed by atoms with Gasteiger partial charge in [-0.3, -0.25) is 9.52 Å². The van der Waals surface area contributed by atoms with Crippen LogP contribution in [0.15, 0.2) is 24.3 Å². The van der Waals surface area contributed by atoms with E-state index in [9.17, 15) is 28.4 Å². The highest BCUT2D eigenvalue weighted by atomic mass is 35.5. The number of ether oxygens (including phenoxy) is 1. The smallest absolute Gasteiger partial charge is 0.341 e. The molecule has 0 aliphatic carbocycles. The average molecular weight is 493 g/mol. The standard InChI is InChI=1S/C21H21ClN4O6S/c1-3-14-15(8-23)18(24-20(32-2)17(14)21(28)29)26-9-13(10-26)19(27)25-33(30,31)11-12-6-4-5-7-16(12)22/h4-7,13H,3,9-11H2,1-2H3,(H,25,27)(H,28,29). The van der Waals surface area contributed by atoms with Crippen molar-refractivity contribution in [1.29, 1.82) is 5.26 Å². The number of hydrogen-bond acceptors (Lipinski definition) is 8. The van der Waals surface area contributed by atoms with Crippen LogP contribution in [0.25, 0.3) is 0 Å². The number of methoxy groups -OCH3 is 1. The molecule has 0 bridgehead atoms. The third-order valence-electron chi connectivity index (χ3n) is 5.23. The molecule has 1 aliphatic heterocycles. The molecule has 2 heterocycles. The van der Waals surface area contributed by atoms with Crippen LogP contribution in [-0.2, 0) is 27.0 Å². The second kappa shape index (κ2) is 9.64. The molecule has 1 aliphatic rings. The van der Waals surface area contributed by atoms with Gasteiger partial charge >= 0.3 is 5.97 Å². The summed E-state index contributed by atoms with van der Waals surface area (Å²) >= 11 is 6.00. The summed E-state index contributed by atoms with van der Waals surface area (Å²) < 4.78 is 32.0. The van der Waals surface area contributed by atoms with Gasteiger partial charge in [-0.2, -0.15) is 10.2 Å². The fourth-order valence-corrected chi connectivity index (χ4v) is 5.06. The number of carbonyl (C=O) groups is 2. The molecule has 2 N–H and O–H groups in total. The summed E-state index contributed by atoms with van der Waals surface area (Å²) in [6, 6.07) is 8.44. The van der Waals surface area contributed by atoms with Gasteiger partial charge in [0.2, 0.25) is 21.8 Å². The molecule has 1 fully saturated rings. The minimum absolute atomic E-state index is 0.0842. The molecule has 0 atom stereocenters. The second-order valence-electron chi connectivity index (χ2n) is 7.36. The molecule has 0 spiro atoms. The number of nitrogens with zero attached hydrogens (tertiary/aromatic N) is 3. The van der Waals surface area contributed by atoms with E-state index in [1.165, 1.54) is 7.11 Å². The zero-order valence-corrected chi connectivity index (χ0v) is 19.4. The molecule has 12 heteroatoms. The second-order valence-corrected chi connectivity index (χ2v) is 9.49. The molecule has 33 heavy (non-hydrogen) atoms. The normalized spacial score (nSPS) is 13.7. The summed E-state index contributed by atoms with van der Waals surface area (Å²) in [5.74, 6) is -2.98. The van der Waals surface area contributed by atoms with Crippen molar-refractivity contribution in [1.82, 2.24) is 9.71 Å². The molecule has 1 aromatic heterocycles. The monoisotopic (exact) mass is 492 g/mol. The maximum atomic E-state index is 12.5. The van der Waals surface area contributed by atoms with Crippen LogP contribution >= 0.6 is 11.6 Å². The van der Waals surface area contributed by atoms with Crippen LogP contribution in [-0.4, -0.2) is 50.6 Å². The van der Waals surface area contributed by atoms with Crippen LogP contribution in [0.5, 0.6) is 5.88 Å². The average Bonchev–Trinajstić information content (AvgIpc) is 2.72. The number of nitriles is 1. The van der Waals surface area contributed by atoms with E-state index in [2.05, 4.69) is 9.71 Å². The molecule has 0 unspecified atom stereocenters.